The number of hydrogen-bond donors (Lipinski definition) is 1. The lowest BCUT2D eigenvalue weighted by atomic mass is 10.0. The summed E-state index contributed by atoms with van der Waals surface area (Å²) in [6.07, 6.45) is 0.853. The Hall–Kier alpha value is -1.37. The Morgan fingerprint density at radius 2 is 2.38 bits per heavy atom. The van der Waals surface area contributed by atoms with Crippen LogP contribution in [0.5, 0.6) is 0 Å². The second-order valence-corrected chi connectivity index (χ2v) is 5.57. The van der Waals surface area contributed by atoms with Gasteiger partial charge in [0.2, 0.25) is 0 Å². The van der Waals surface area contributed by atoms with Crippen molar-refractivity contribution in [2.45, 2.75) is 26.0 Å². The molecule has 5 nitrogen and oxygen atoms in total. The van der Waals surface area contributed by atoms with Gasteiger partial charge in [-0.3, -0.25) is 14.7 Å². The predicted octanol–water partition coefficient (Wildman–Crippen LogP) is 1.12. The van der Waals surface area contributed by atoms with Crippen molar-refractivity contribution in [1.29, 1.82) is 0 Å². The molecule has 2 heterocycles. The molecule has 1 aromatic rings. The standard InChI is InChI=1S/C15H21FN2O3/c1-10(15(20)14-4-3-12(16)5-17-14)6-18-7-13(8-19)21-9-11(18)2/h3-5,10-11,13,19H,6-9H2,1-2H3. The van der Waals surface area contributed by atoms with Crippen LogP contribution in [0.1, 0.15) is 24.3 Å². The van der Waals surface area contributed by atoms with Gasteiger partial charge in [0.1, 0.15) is 11.5 Å². The first kappa shape index (κ1) is 16.0. The van der Waals surface area contributed by atoms with Crippen LogP contribution in [0.2, 0.25) is 0 Å². The summed E-state index contributed by atoms with van der Waals surface area (Å²) in [7, 11) is 0. The number of halogens is 1. The average molecular weight is 296 g/mol. The lowest BCUT2D eigenvalue weighted by Gasteiger charge is -2.38. The summed E-state index contributed by atoms with van der Waals surface area (Å²) < 4.78 is 18.3. The number of aliphatic hydroxyl groups is 1. The van der Waals surface area contributed by atoms with Gasteiger partial charge in [0.15, 0.2) is 5.78 Å². The number of nitrogens with zero attached hydrogens (tertiary/aromatic N) is 2. The van der Waals surface area contributed by atoms with E-state index in [0.29, 0.717) is 19.7 Å². The van der Waals surface area contributed by atoms with Crippen molar-refractivity contribution < 1.29 is 19.0 Å². The van der Waals surface area contributed by atoms with E-state index in [1.165, 1.54) is 12.1 Å². The molecule has 21 heavy (non-hydrogen) atoms. The summed E-state index contributed by atoms with van der Waals surface area (Å²) >= 11 is 0. The molecular weight excluding hydrogens is 275 g/mol. The van der Waals surface area contributed by atoms with Crippen LogP contribution in [-0.4, -0.2) is 59.2 Å². The molecule has 1 saturated heterocycles. The fourth-order valence-corrected chi connectivity index (χ4v) is 2.45. The molecule has 1 fully saturated rings. The molecule has 116 valence electrons. The van der Waals surface area contributed by atoms with E-state index < -0.39 is 5.82 Å². The van der Waals surface area contributed by atoms with Crippen molar-refractivity contribution in [3.8, 4) is 0 Å². The minimum Gasteiger partial charge on any atom is -0.394 e. The molecule has 1 aliphatic heterocycles. The van der Waals surface area contributed by atoms with E-state index in [0.717, 1.165) is 6.20 Å². The largest absolute Gasteiger partial charge is 0.394 e. The molecule has 0 saturated carbocycles. The number of morpholine rings is 1. The maximum Gasteiger partial charge on any atom is 0.185 e. The molecule has 0 aromatic carbocycles. The van der Waals surface area contributed by atoms with E-state index in [9.17, 15) is 14.3 Å². The van der Waals surface area contributed by atoms with Crippen molar-refractivity contribution in [2.24, 2.45) is 5.92 Å². The number of Topliss-reactive ketones (excluding diaryl/α,β-unsaturated/α-hetero) is 1. The third-order valence-corrected chi connectivity index (χ3v) is 3.77. The fraction of sp³-hybridized carbons (Fsp3) is 0.600. The van der Waals surface area contributed by atoms with Crippen LogP contribution in [0.25, 0.3) is 0 Å². The van der Waals surface area contributed by atoms with E-state index >= 15 is 0 Å². The second kappa shape index (κ2) is 7.06. The normalized spacial score (nSPS) is 24.8. The highest BCUT2D eigenvalue weighted by atomic mass is 19.1. The highest BCUT2D eigenvalue weighted by molar-refractivity contribution is 5.95. The van der Waals surface area contributed by atoms with Gasteiger partial charge in [0.05, 0.1) is 25.5 Å². The Morgan fingerprint density at radius 1 is 1.62 bits per heavy atom. The first-order valence-electron chi connectivity index (χ1n) is 7.13. The Balaban J connectivity index is 1.97. The summed E-state index contributed by atoms with van der Waals surface area (Å²) in [5.74, 6) is -0.802. The van der Waals surface area contributed by atoms with Gasteiger partial charge in [-0.2, -0.15) is 0 Å². The van der Waals surface area contributed by atoms with Gasteiger partial charge in [-0.05, 0) is 19.1 Å². The van der Waals surface area contributed by atoms with Crippen LogP contribution in [0, 0.1) is 11.7 Å². The van der Waals surface area contributed by atoms with Gasteiger partial charge >= 0.3 is 0 Å². The molecule has 0 spiro atoms. The van der Waals surface area contributed by atoms with Gasteiger partial charge < -0.3 is 9.84 Å². The molecule has 0 radical (unpaired) electrons. The molecule has 3 unspecified atom stereocenters. The number of carbonyl (C=O) groups excluding carboxylic acids is 1. The molecule has 0 aliphatic carbocycles. The number of hydrogen-bond acceptors (Lipinski definition) is 5. The number of ketones is 1. The van der Waals surface area contributed by atoms with E-state index in [4.69, 9.17) is 4.74 Å². The molecule has 1 aromatic heterocycles. The first-order valence-corrected chi connectivity index (χ1v) is 7.13. The number of aliphatic hydroxyl groups excluding tert-OH is 1. The lowest BCUT2D eigenvalue weighted by Crippen LogP contribution is -2.51. The van der Waals surface area contributed by atoms with Crippen molar-refractivity contribution in [2.75, 3.05) is 26.3 Å². The maximum atomic E-state index is 12.8. The number of aromatic nitrogens is 1. The summed E-state index contributed by atoms with van der Waals surface area (Å²) in [5, 5.41) is 9.18. The summed E-state index contributed by atoms with van der Waals surface area (Å²) in [4.78, 5) is 18.3. The molecule has 1 aliphatic rings. The van der Waals surface area contributed by atoms with Crippen LogP contribution in [0.15, 0.2) is 18.3 Å². The molecule has 3 atom stereocenters. The van der Waals surface area contributed by atoms with Crippen LogP contribution in [0.3, 0.4) is 0 Å². The smallest absolute Gasteiger partial charge is 0.185 e. The summed E-state index contributed by atoms with van der Waals surface area (Å²) in [6.45, 7) is 5.56. The number of carbonyl (C=O) groups is 1. The van der Waals surface area contributed by atoms with Gasteiger partial charge in [-0.15, -0.1) is 0 Å². The van der Waals surface area contributed by atoms with Crippen molar-refractivity contribution in [1.82, 2.24) is 9.88 Å². The third kappa shape index (κ3) is 4.06. The monoisotopic (exact) mass is 296 g/mol. The summed E-state index contributed by atoms with van der Waals surface area (Å²) in [6, 6.07) is 2.85. The zero-order valence-electron chi connectivity index (χ0n) is 12.3. The van der Waals surface area contributed by atoms with Crippen LogP contribution < -0.4 is 0 Å². The second-order valence-electron chi connectivity index (χ2n) is 5.57. The molecule has 0 bridgehead atoms. The Labute approximate surface area is 123 Å². The maximum absolute atomic E-state index is 12.8. The SMILES string of the molecule is CC(CN1CC(CO)OCC1C)C(=O)c1ccc(F)cn1. The van der Waals surface area contributed by atoms with E-state index in [1.807, 2.05) is 13.8 Å². The quantitative estimate of drug-likeness (QED) is 0.825. The Morgan fingerprint density at radius 3 is 3.00 bits per heavy atom. The fourth-order valence-electron chi connectivity index (χ4n) is 2.45. The molecule has 0 amide bonds. The Kier molecular flexibility index (Phi) is 5.39. The Bertz CT molecular complexity index is 480. The van der Waals surface area contributed by atoms with Gasteiger partial charge in [0, 0.05) is 25.0 Å². The van der Waals surface area contributed by atoms with E-state index in [1.54, 1.807) is 0 Å². The van der Waals surface area contributed by atoms with Crippen LogP contribution in [0.4, 0.5) is 4.39 Å². The predicted molar refractivity (Wildman–Crippen MR) is 75.6 cm³/mol. The van der Waals surface area contributed by atoms with Crippen molar-refractivity contribution in [3.05, 3.63) is 29.8 Å². The first-order chi connectivity index (χ1) is 10.0. The lowest BCUT2D eigenvalue weighted by molar-refractivity contribution is -0.0798. The van der Waals surface area contributed by atoms with Crippen LogP contribution >= 0.6 is 0 Å². The number of ether oxygens (including phenoxy) is 1. The van der Waals surface area contributed by atoms with Gasteiger partial charge in [-0.1, -0.05) is 6.92 Å². The highest BCUT2D eigenvalue weighted by Crippen LogP contribution is 2.16. The molecular formula is C15H21FN2O3. The van der Waals surface area contributed by atoms with E-state index in [-0.39, 0.29) is 36.1 Å². The molecule has 6 heteroatoms. The topological polar surface area (TPSA) is 62.7 Å². The third-order valence-electron chi connectivity index (χ3n) is 3.77. The molecule has 1 N–H and O–H groups in total. The minimum atomic E-state index is -0.452. The minimum absolute atomic E-state index is 0.0228. The van der Waals surface area contributed by atoms with Crippen molar-refractivity contribution in [3.63, 3.8) is 0 Å². The number of rotatable bonds is 5. The zero-order valence-corrected chi connectivity index (χ0v) is 12.3. The average Bonchev–Trinajstić information content (AvgIpc) is 2.49. The number of pyridine rings is 1. The summed E-state index contributed by atoms with van der Waals surface area (Å²) in [5.41, 5.74) is 0.281. The van der Waals surface area contributed by atoms with Gasteiger partial charge in [0.25, 0.3) is 0 Å². The van der Waals surface area contributed by atoms with Gasteiger partial charge in [-0.25, -0.2) is 4.39 Å². The van der Waals surface area contributed by atoms with Crippen LogP contribution in [-0.2, 0) is 4.74 Å². The zero-order chi connectivity index (χ0) is 15.4. The van der Waals surface area contributed by atoms with Crippen molar-refractivity contribution >= 4 is 5.78 Å². The van der Waals surface area contributed by atoms with E-state index in [2.05, 4.69) is 9.88 Å². The molecule has 2 rings (SSSR count). The highest BCUT2D eigenvalue weighted by Gasteiger charge is 2.28.